The van der Waals surface area contributed by atoms with Crippen LogP contribution in [0.1, 0.15) is 44.7 Å². The number of aliphatic carboxylic acids is 1. The van der Waals surface area contributed by atoms with Crippen LogP contribution in [0.25, 0.3) is 0 Å². The van der Waals surface area contributed by atoms with E-state index in [2.05, 4.69) is 12.2 Å². The van der Waals surface area contributed by atoms with E-state index in [1.807, 2.05) is 31.2 Å². The molecular weight excluding hydrogens is 242 g/mol. The number of benzene rings is 1. The van der Waals surface area contributed by atoms with Crippen molar-refractivity contribution in [3.8, 4) is 5.75 Å². The van der Waals surface area contributed by atoms with Crippen LogP contribution < -0.4 is 10.1 Å². The molecular formula is C15H23NO3. The molecule has 0 bridgehead atoms. The van der Waals surface area contributed by atoms with Crippen molar-refractivity contribution in [1.29, 1.82) is 0 Å². The van der Waals surface area contributed by atoms with Gasteiger partial charge < -0.3 is 9.84 Å². The largest absolute Gasteiger partial charge is 0.496 e. The molecule has 0 saturated carbocycles. The van der Waals surface area contributed by atoms with Crippen molar-refractivity contribution in [3.05, 3.63) is 29.8 Å². The van der Waals surface area contributed by atoms with Crippen LogP contribution in [0.3, 0.4) is 0 Å². The van der Waals surface area contributed by atoms with E-state index in [-0.39, 0.29) is 6.04 Å². The lowest BCUT2D eigenvalue weighted by atomic mass is 10.0. The van der Waals surface area contributed by atoms with E-state index in [4.69, 9.17) is 4.74 Å². The van der Waals surface area contributed by atoms with Gasteiger partial charge in [0.1, 0.15) is 11.8 Å². The summed E-state index contributed by atoms with van der Waals surface area (Å²) in [5.74, 6) is -0.0164. The number of nitrogens with one attached hydrogen (secondary N) is 1. The van der Waals surface area contributed by atoms with Gasteiger partial charge in [-0.25, -0.2) is 0 Å². The Hall–Kier alpha value is -1.55. The molecule has 0 spiro atoms. The second-order valence-electron chi connectivity index (χ2n) is 4.66. The molecule has 2 atom stereocenters. The van der Waals surface area contributed by atoms with Crippen molar-refractivity contribution in [1.82, 2.24) is 5.32 Å². The number of rotatable bonds is 8. The molecule has 2 N–H and O–H groups in total. The summed E-state index contributed by atoms with van der Waals surface area (Å²) < 4.78 is 5.30. The van der Waals surface area contributed by atoms with Gasteiger partial charge in [-0.1, -0.05) is 38.0 Å². The third kappa shape index (κ3) is 4.56. The smallest absolute Gasteiger partial charge is 0.320 e. The van der Waals surface area contributed by atoms with Gasteiger partial charge >= 0.3 is 5.97 Å². The van der Waals surface area contributed by atoms with Crippen molar-refractivity contribution in [2.45, 2.75) is 45.2 Å². The molecule has 0 fully saturated rings. The summed E-state index contributed by atoms with van der Waals surface area (Å²) in [6.45, 7) is 4.02. The maximum Gasteiger partial charge on any atom is 0.320 e. The average Bonchev–Trinajstić information content (AvgIpc) is 2.42. The van der Waals surface area contributed by atoms with Crippen LogP contribution in [0.5, 0.6) is 5.75 Å². The minimum atomic E-state index is -0.796. The molecule has 0 aromatic heterocycles. The molecule has 0 amide bonds. The van der Waals surface area contributed by atoms with Crippen LogP contribution in [-0.4, -0.2) is 24.2 Å². The maximum atomic E-state index is 11.2. The quantitative estimate of drug-likeness (QED) is 0.758. The molecule has 1 aromatic rings. The average molecular weight is 265 g/mol. The maximum absolute atomic E-state index is 11.2. The van der Waals surface area contributed by atoms with E-state index in [0.717, 1.165) is 24.2 Å². The fourth-order valence-electron chi connectivity index (χ4n) is 2.10. The molecule has 19 heavy (non-hydrogen) atoms. The van der Waals surface area contributed by atoms with Gasteiger partial charge in [0.05, 0.1) is 7.11 Å². The minimum Gasteiger partial charge on any atom is -0.496 e. The van der Waals surface area contributed by atoms with Crippen LogP contribution in [0.15, 0.2) is 24.3 Å². The van der Waals surface area contributed by atoms with Crippen molar-refractivity contribution < 1.29 is 14.6 Å². The number of carboxylic acids is 1. The zero-order valence-corrected chi connectivity index (χ0v) is 11.8. The molecule has 1 aromatic carbocycles. The number of ether oxygens (including phenoxy) is 1. The number of unbranched alkanes of at least 4 members (excludes halogenated alkanes) is 1. The Morgan fingerprint density at radius 3 is 2.68 bits per heavy atom. The van der Waals surface area contributed by atoms with Crippen LogP contribution in [-0.2, 0) is 4.79 Å². The third-order valence-corrected chi connectivity index (χ3v) is 3.20. The molecule has 0 saturated heterocycles. The highest BCUT2D eigenvalue weighted by atomic mass is 16.5. The van der Waals surface area contributed by atoms with Crippen LogP contribution in [0, 0.1) is 0 Å². The molecule has 0 aliphatic heterocycles. The summed E-state index contributed by atoms with van der Waals surface area (Å²) in [6.07, 6.45) is 2.54. The summed E-state index contributed by atoms with van der Waals surface area (Å²) in [6, 6.07) is 7.09. The second kappa shape index (κ2) is 7.79. The molecule has 106 valence electrons. The predicted octanol–water partition coefficient (Wildman–Crippen LogP) is 2.99. The lowest BCUT2D eigenvalue weighted by molar-refractivity contribution is -0.139. The first kappa shape index (κ1) is 15.5. The van der Waals surface area contributed by atoms with Crippen molar-refractivity contribution in [2.75, 3.05) is 7.11 Å². The first-order valence-electron chi connectivity index (χ1n) is 6.71. The highest BCUT2D eigenvalue weighted by Gasteiger charge is 2.20. The van der Waals surface area contributed by atoms with Crippen molar-refractivity contribution in [3.63, 3.8) is 0 Å². The summed E-state index contributed by atoms with van der Waals surface area (Å²) in [5, 5.41) is 12.4. The molecule has 0 radical (unpaired) electrons. The van der Waals surface area contributed by atoms with Gasteiger partial charge in [0.25, 0.3) is 0 Å². The molecule has 0 heterocycles. The Bertz CT molecular complexity index is 406. The minimum absolute atomic E-state index is 0.0610. The van der Waals surface area contributed by atoms with E-state index in [1.54, 1.807) is 7.11 Å². The Kier molecular flexibility index (Phi) is 6.36. The fourth-order valence-corrected chi connectivity index (χ4v) is 2.10. The highest BCUT2D eigenvalue weighted by molar-refractivity contribution is 5.73. The number of carboxylic acid groups (broad SMARTS) is 1. The third-order valence-electron chi connectivity index (χ3n) is 3.20. The fraction of sp³-hybridized carbons (Fsp3) is 0.533. The van der Waals surface area contributed by atoms with Crippen LogP contribution >= 0.6 is 0 Å². The summed E-state index contributed by atoms with van der Waals surface area (Å²) in [5.41, 5.74) is 0.979. The SMILES string of the molecule is CCCCC(N[C@H](C)c1ccccc1OC)C(=O)O. The van der Waals surface area contributed by atoms with Gasteiger partial charge in [0.15, 0.2) is 0 Å². The Labute approximate surface area is 114 Å². The zero-order valence-electron chi connectivity index (χ0n) is 11.8. The number of hydrogen-bond acceptors (Lipinski definition) is 3. The Balaban J connectivity index is 2.75. The van der Waals surface area contributed by atoms with Crippen molar-refractivity contribution in [2.24, 2.45) is 0 Å². The predicted molar refractivity (Wildman–Crippen MR) is 75.5 cm³/mol. The molecule has 4 nitrogen and oxygen atoms in total. The van der Waals surface area contributed by atoms with E-state index in [1.165, 1.54) is 0 Å². The lowest BCUT2D eigenvalue weighted by Gasteiger charge is -2.22. The van der Waals surface area contributed by atoms with E-state index < -0.39 is 12.0 Å². The van der Waals surface area contributed by atoms with Gasteiger partial charge in [-0.3, -0.25) is 10.1 Å². The van der Waals surface area contributed by atoms with Gasteiger partial charge in [-0.05, 0) is 19.4 Å². The highest BCUT2D eigenvalue weighted by Crippen LogP contribution is 2.25. The Morgan fingerprint density at radius 2 is 2.11 bits per heavy atom. The van der Waals surface area contributed by atoms with Gasteiger partial charge in [-0.15, -0.1) is 0 Å². The molecule has 0 aliphatic rings. The van der Waals surface area contributed by atoms with Gasteiger partial charge in [-0.2, -0.15) is 0 Å². The normalized spacial score (nSPS) is 13.8. The number of methoxy groups -OCH3 is 1. The first-order chi connectivity index (χ1) is 9.10. The standard InChI is InChI=1S/C15H23NO3/c1-4-5-9-13(15(17)18)16-11(2)12-8-6-7-10-14(12)19-3/h6-8,10-11,13,16H,4-5,9H2,1-3H3,(H,17,18)/t11-,13?/m1/s1. The Morgan fingerprint density at radius 1 is 1.42 bits per heavy atom. The zero-order chi connectivity index (χ0) is 14.3. The summed E-state index contributed by atoms with van der Waals surface area (Å²) >= 11 is 0. The molecule has 1 rings (SSSR count). The number of hydrogen-bond donors (Lipinski definition) is 2. The van der Waals surface area contributed by atoms with Gasteiger partial charge in [0, 0.05) is 11.6 Å². The molecule has 1 unspecified atom stereocenters. The van der Waals surface area contributed by atoms with Crippen LogP contribution in [0.4, 0.5) is 0 Å². The first-order valence-corrected chi connectivity index (χ1v) is 6.71. The summed E-state index contributed by atoms with van der Waals surface area (Å²) in [4.78, 5) is 11.2. The number of carbonyl (C=O) groups is 1. The van der Waals surface area contributed by atoms with E-state index >= 15 is 0 Å². The van der Waals surface area contributed by atoms with Crippen molar-refractivity contribution >= 4 is 5.97 Å². The summed E-state index contributed by atoms with van der Waals surface area (Å²) in [7, 11) is 1.62. The second-order valence-corrected chi connectivity index (χ2v) is 4.66. The van der Waals surface area contributed by atoms with E-state index in [0.29, 0.717) is 6.42 Å². The lowest BCUT2D eigenvalue weighted by Crippen LogP contribution is -2.38. The topological polar surface area (TPSA) is 58.6 Å². The van der Waals surface area contributed by atoms with Crippen LogP contribution in [0.2, 0.25) is 0 Å². The molecule has 4 heteroatoms. The molecule has 0 aliphatic carbocycles. The van der Waals surface area contributed by atoms with Gasteiger partial charge in [0.2, 0.25) is 0 Å². The monoisotopic (exact) mass is 265 g/mol. The number of para-hydroxylation sites is 1. The van der Waals surface area contributed by atoms with E-state index in [9.17, 15) is 9.90 Å².